The minimum Gasteiger partial charge on any atom is -0.489 e. The van der Waals surface area contributed by atoms with Crippen molar-refractivity contribution in [3.05, 3.63) is 65.5 Å². The molecule has 0 saturated carbocycles. The van der Waals surface area contributed by atoms with Crippen LogP contribution < -0.4 is 4.74 Å². The maximum Gasteiger partial charge on any atom is 0.123 e. The SMILES string of the molecule is COCCO.CS.OCCc1cc(F)ccc1OCc1ccccc1. The van der Waals surface area contributed by atoms with Gasteiger partial charge in [-0.2, -0.15) is 12.6 Å². The van der Waals surface area contributed by atoms with Crippen LogP contribution in [-0.2, 0) is 17.8 Å². The van der Waals surface area contributed by atoms with Crippen molar-refractivity contribution in [3.63, 3.8) is 0 Å². The van der Waals surface area contributed by atoms with Crippen molar-refractivity contribution >= 4 is 12.6 Å². The summed E-state index contributed by atoms with van der Waals surface area (Å²) in [5, 5.41) is 16.9. The van der Waals surface area contributed by atoms with E-state index in [-0.39, 0.29) is 19.0 Å². The van der Waals surface area contributed by atoms with Crippen molar-refractivity contribution in [1.82, 2.24) is 0 Å². The van der Waals surface area contributed by atoms with Gasteiger partial charge in [-0.15, -0.1) is 0 Å². The molecule has 4 nitrogen and oxygen atoms in total. The Kier molecular flexibility index (Phi) is 14.9. The maximum absolute atomic E-state index is 13.1. The largest absolute Gasteiger partial charge is 0.489 e. The van der Waals surface area contributed by atoms with Gasteiger partial charge < -0.3 is 19.7 Å². The van der Waals surface area contributed by atoms with Gasteiger partial charge in [0.25, 0.3) is 0 Å². The van der Waals surface area contributed by atoms with Crippen LogP contribution in [0.4, 0.5) is 4.39 Å². The molecule has 0 fully saturated rings. The van der Waals surface area contributed by atoms with Gasteiger partial charge in [0.2, 0.25) is 0 Å². The van der Waals surface area contributed by atoms with E-state index in [0.29, 0.717) is 30.9 Å². The van der Waals surface area contributed by atoms with Crippen LogP contribution in [-0.4, -0.2) is 43.4 Å². The van der Waals surface area contributed by atoms with E-state index < -0.39 is 0 Å². The Bertz CT molecular complexity index is 550. The summed E-state index contributed by atoms with van der Waals surface area (Å²) in [5.74, 6) is 0.305. The number of hydrogen-bond acceptors (Lipinski definition) is 5. The first kappa shape index (κ1) is 23.4. The summed E-state index contributed by atoms with van der Waals surface area (Å²) < 4.78 is 23.2. The van der Waals surface area contributed by atoms with Crippen molar-refractivity contribution in [2.75, 3.05) is 33.2 Å². The van der Waals surface area contributed by atoms with E-state index in [1.807, 2.05) is 30.3 Å². The lowest BCUT2D eigenvalue weighted by atomic mass is 10.1. The number of aliphatic hydroxyl groups is 2. The van der Waals surface area contributed by atoms with E-state index in [4.69, 9.17) is 14.9 Å². The zero-order valence-electron chi connectivity index (χ0n) is 14.7. The molecule has 0 atom stereocenters. The number of thiol groups is 1. The van der Waals surface area contributed by atoms with Crippen LogP contribution in [0, 0.1) is 5.82 Å². The van der Waals surface area contributed by atoms with Crippen molar-refractivity contribution < 1.29 is 24.1 Å². The highest BCUT2D eigenvalue weighted by Crippen LogP contribution is 2.21. The first-order valence-corrected chi connectivity index (χ1v) is 8.71. The second kappa shape index (κ2) is 15.9. The van der Waals surface area contributed by atoms with E-state index in [0.717, 1.165) is 5.56 Å². The van der Waals surface area contributed by atoms with E-state index in [2.05, 4.69) is 17.4 Å². The van der Waals surface area contributed by atoms with Gasteiger partial charge in [-0.25, -0.2) is 4.39 Å². The molecule has 140 valence electrons. The molecule has 2 N–H and O–H groups in total. The topological polar surface area (TPSA) is 58.9 Å². The van der Waals surface area contributed by atoms with Gasteiger partial charge in [-0.3, -0.25) is 0 Å². The Morgan fingerprint density at radius 2 is 1.68 bits per heavy atom. The molecule has 0 heterocycles. The molecule has 0 aliphatic carbocycles. The molecule has 2 aromatic rings. The van der Waals surface area contributed by atoms with Gasteiger partial charge in [0.15, 0.2) is 0 Å². The molecule has 0 saturated heterocycles. The lowest BCUT2D eigenvalue weighted by molar-refractivity contribution is 0.135. The second-order valence-electron chi connectivity index (χ2n) is 4.72. The van der Waals surface area contributed by atoms with Crippen LogP contribution in [0.5, 0.6) is 5.75 Å². The van der Waals surface area contributed by atoms with Gasteiger partial charge in [0.1, 0.15) is 18.2 Å². The zero-order valence-corrected chi connectivity index (χ0v) is 15.6. The maximum atomic E-state index is 13.1. The standard InChI is InChI=1S/C15H15FO2.C3H8O2.CH4S/c16-14-6-7-15(13(10-14)8-9-17)18-11-12-4-2-1-3-5-12;1-5-3-2-4;1-2/h1-7,10,17H,8-9,11H2;4H,2-3H2,1H3;2H,1H3. The number of benzene rings is 2. The summed E-state index contributed by atoms with van der Waals surface area (Å²) in [4.78, 5) is 0. The fourth-order valence-electron chi connectivity index (χ4n) is 1.83. The van der Waals surface area contributed by atoms with Crippen LogP contribution in [0.1, 0.15) is 11.1 Å². The molecule has 2 aromatic carbocycles. The minimum absolute atomic E-state index is 0.0227. The number of aliphatic hydroxyl groups excluding tert-OH is 2. The van der Waals surface area contributed by atoms with Crippen molar-refractivity contribution in [2.24, 2.45) is 0 Å². The molecule has 0 unspecified atom stereocenters. The summed E-state index contributed by atoms with van der Waals surface area (Å²) in [5.41, 5.74) is 1.74. The van der Waals surface area contributed by atoms with Gasteiger partial charge in [0.05, 0.1) is 13.2 Å². The van der Waals surface area contributed by atoms with E-state index in [1.165, 1.54) is 12.1 Å². The smallest absolute Gasteiger partial charge is 0.123 e. The first-order valence-electron chi connectivity index (χ1n) is 7.81. The number of halogens is 1. The van der Waals surface area contributed by atoms with E-state index in [9.17, 15) is 4.39 Å². The molecule has 25 heavy (non-hydrogen) atoms. The number of hydrogen-bond donors (Lipinski definition) is 3. The summed E-state index contributed by atoms with van der Waals surface area (Å²) in [7, 11) is 1.55. The Balaban J connectivity index is 0.000000710. The summed E-state index contributed by atoms with van der Waals surface area (Å²) in [6.07, 6.45) is 2.09. The van der Waals surface area contributed by atoms with Crippen molar-refractivity contribution in [2.45, 2.75) is 13.0 Å². The molecule has 0 aromatic heterocycles. The molecule has 0 bridgehead atoms. The molecule has 0 aliphatic heterocycles. The Labute approximate surface area is 154 Å². The molecule has 0 spiro atoms. The van der Waals surface area contributed by atoms with Crippen LogP contribution >= 0.6 is 12.6 Å². The summed E-state index contributed by atoms with van der Waals surface area (Å²) >= 11 is 3.53. The van der Waals surface area contributed by atoms with Crippen molar-refractivity contribution in [3.8, 4) is 5.75 Å². The highest BCUT2D eigenvalue weighted by molar-refractivity contribution is 7.79. The van der Waals surface area contributed by atoms with Crippen LogP contribution in [0.25, 0.3) is 0 Å². The molecular formula is C19H27FO4S. The normalized spacial score (nSPS) is 9.36. The minimum atomic E-state index is -0.314. The third-order valence-corrected chi connectivity index (χ3v) is 2.94. The summed E-state index contributed by atoms with van der Waals surface area (Å²) in [6.45, 7) is 0.979. The molecule has 0 aliphatic rings. The molecular weight excluding hydrogens is 343 g/mol. The summed E-state index contributed by atoms with van der Waals surface area (Å²) in [6, 6.07) is 14.1. The quantitative estimate of drug-likeness (QED) is 0.656. The van der Waals surface area contributed by atoms with E-state index >= 15 is 0 Å². The molecule has 0 amide bonds. The third-order valence-electron chi connectivity index (χ3n) is 2.94. The van der Waals surface area contributed by atoms with Crippen LogP contribution in [0.15, 0.2) is 48.5 Å². The Morgan fingerprint density at radius 1 is 1.00 bits per heavy atom. The average molecular weight is 370 g/mol. The first-order chi connectivity index (χ1) is 12.2. The number of rotatable bonds is 7. The monoisotopic (exact) mass is 370 g/mol. The van der Waals surface area contributed by atoms with Gasteiger partial charge >= 0.3 is 0 Å². The molecule has 6 heteroatoms. The highest BCUT2D eigenvalue weighted by atomic mass is 32.1. The lowest BCUT2D eigenvalue weighted by Gasteiger charge is -2.11. The Morgan fingerprint density at radius 3 is 2.20 bits per heavy atom. The van der Waals surface area contributed by atoms with E-state index in [1.54, 1.807) is 19.4 Å². The lowest BCUT2D eigenvalue weighted by Crippen LogP contribution is -2.00. The fourth-order valence-corrected chi connectivity index (χ4v) is 1.83. The average Bonchev–Trinajstić information content (AvgIpc) is 2.65. The number of methoxy groups -OCH3 is 1. The predicted molar refractivity (Wildman–Crippen MR) is 102 cm³/mol. The highest BCUT2D eigenvalue weighted by Gasteiger charge is 2.05. The second-order valence-corrected chi connectivity index (χ2v) is 4.72. The fraction of sp³-hybridized carbons (Fsp3) is 0.368. The third kappa shape index (κ3) is 10.8. The van der Waals surface area contributed by atoms with Gasteiger partial charge in [-0.1, -0.05) is 30.3 Å². The zero-order chi connectivity index (χ0) is 18.9. The molecule has 0 radical (unpaired) electrons. The van der Waals surface area contributed by atoms with Crippen molar-refractivity contribution in [1.29, 1.82) is 0 Å². The number of ether oxygens (including phenoxy) is 2. The Hall–Kier alpha value is -1.60. The van der Waals surface area contributed by atoms with Gasteiger partial charge in [0, 0.05) is 13.7 Å². The van der Waals surface area contributed by atoms with Gasteiger partial charge in [-0.05, 0) is 42.0 Å². The molecule has 2 rings (SSSR count). The van der Waals surface area contributed by atoms with Crippen LogP contribution in [0.2, 0.25) is 0 Å². The predicted octanol–water partition coefficient (Wildman–Crippen LogP) is 3.11. The van der Waals surface area contributed by atoms with Crippen LogP contribution in [0.3, 0.4) is 0 Å².